The molecule has 0 atom stereocenters. The molecule has 0 saturated carbocycles. The Bertz CT molecular complexity index is 500. The van der Waals surface area contributed by atoms with Crippen LogP contribution in [-0.2, 0) is 9.05 Å². The summed E-state index contributed by atoms with van der Waals surface area (Å²) in [6.07, 6.45) is -4.91. The topological polar surface area (TPSA) is 43.4 Å². The molecule has 1 aromatic carbocycles. The van der Waals surface area contributed by atoms with Crippen molar-refractivity contribution in [2.24, 2.45) is 0 Å². The van der Waals surface area contributed by atoms with Crippen LogP contribution in [0.3, 0.4) is 0 Å². The molecular weight excluding hydrogens is 336 g/mol. The summed E-state index contributed by atoms with van der Waals surface area (Å²) in [5.74, 6) is -0.672. The van der Waals surface area contributed by atoms with Gasteiger partial charge in [0.1, 0.15) is 10.6 Å². The molecule has 0 aliphatic heterocycles. The standard InChI is InChI=1S/C7H3BrClF3O3S/c8-6-4(15-7(10,11)12)2-1-3-5(6)16(9,13)14/h1-3H. The van der Waals surface area contributed by atoms with Crippen LogP contribution in [0, 0.1) is 0 Å². The molecular formula is C7H3BrClF3O3S. The maximum Gasteiger partial charge on any atom is 0.573 e. The molecule has 16 heavy (non-hydrogen) atoms. The van der Waals surface area contributed by atoms with E-state index in [1.807, 2.05) is 0 Å². The molecule has 0 aromatic heterocycles. The monoisotopic (exact) mass is 338 g/mol. The van der Waals surface area contributed by atoms with E-state index in [0.29, 0.717) is 0 Å². The van der Waals surface area contributed by atoms with Gasteiger partial charge in [-0.2, -0.15) is 0 Å². The van der Waals surface area contributed by atoms with Gasteiger partial charge in [0.05, 0.1) is 4.47 Å². The van der Waals surface area contributed by atoms with Gasteiger partial charge in [0, 0.05) is 10.7 Å². The first kappa shape index (κ1) is 13.6. The van der Waals surface area contributed by atoms with Crippen LogP contribution in [0.2, 0.25) is 0 Å². The molecule has 0 aliphatic carbocycles. The minimum Gasteiger partial charge on any atom is -0.405 e. The second-order valence-electron chi connectivity index (χ2n) is 2.55. The Morgan fingerprint density at radius 3 is 2.31 bits per heavy atom. The van der Waals surface area contributed by atoms with Crippen LogP contribution in [0.5, 0.6) is 5.75 Å². The molecule has 9 heteroatoms. The van der Waals surface area contributed by atoms with Gasteiger partial charge in [0.2, 0.25) is 0 Å². The molecule has 0 fully saturated rings. The van der Waals surface area contributed by atoms with Crippen molar-refractivity contribution in [3.05, 3.63) is 22.7 Å². The van der Waals surface area contributed by atoms with Crippen LogP contribution >= 0.6 is 26.6 Å². The molecule has 0 radical (unpaired) electrons. The minimum absolute atomic E-state index is 0.373. The van der Waals surface area contributed by atoms with E-state index in [0.717, 1.165) is 18.2 Å². The minimum atomic E-state index is -4.91. The third kappa shape index (κ3) is 3.53. The number of rotatable bonds is 2. The third-order valence-corrected chi connectivity index (χ3v) is 3.86. The van der Waals surface area contributed by atoms with Gasteiger partial charge < -0.3 is 4.74 Å². The number of hydrogen-bond donors (Lipinski definition) is 0. The van der Waals surface area contributed by atoms with Crippen molar-refractivity contribution in [2.45, 2.75) is 11.3 Å². The van der Waals surface area contributed by atoms with Crippen molar-refractivity contribution in [1.29, 1.82) is 0 Å². The number of hydrogen-bond acceptors (Lipinski definition) is 3. The number of benzene rings is 1. The molecule has 0 bridgehead atoms. The lowest BCUT2D eigenvalue weighted by atomic mass is 10.3. The average Bonchev–Trinajstić information content (AvgIpc) is 2.04. The van der Waals surface area contributed by atoms with Crippen molar-refractivity contribution in [2.75, 3.05) is 0 Å². The highest BCUT2D eigenvalue weighted by molar-refractivity contribution is 9.10. The van der Waals surface area contributed by atoms with Gasteiger partial charge in [-0.3, -0.25) is 0 Å². The highest BCUT2D eigenvalue weighted by Gasteiger charge is 2.33. The molecule has 3 nitrogen and oxygen atoms in total. The summed E-state index contributed by atoms with van der Waals surface area (Å²) in [5.41, 5.74) is 0. The zero-order valence-electron chi connectivity index (χ0n) is 7.25. The first-order valence-corrected chi connectivity index (χ1v) is 6.70. The van der Waals surface area contributed by atoms with Gasteiger partial charge in [0.25, 0.3) is 9.05 Å². The summed E-state index contributed by atoms with van der Waals surface area (Å²) >= 11 is 2.68. The molecule has 0 heterocycles. The molecule has 0 spiro atoms. The molecule has 0 amide bonds. The third-order valence-electron chi connectivity index (χ3n) is 1.42. The van der Waals surface area contributed by atoms with E-state index >= 15 is 0 Å². The first-order chi connectivity index (χ1) is 7.11. The van der Waals surface area contributed by atoms with Gasteiger partial charge in [-0.15, -0.1) is 13.2 Å². The van der Waals surface area contributed by atoms with Gasteiger partial charge in [-0.05, 0) is 28.1 Å². The van der Waals surface area contributed by atoms with E-state index in [1.54, 1.807) is 0 Å². The fourth-order valence-electron chi connectivity index (χ4n) is 0.882. The lowest BCUT2D eigenvalue weighted by Crippen LogP contribution is -2.17. The Balaban J connectivity index is 3.25. The smallest absolute Gasteiger partial charge is 0.405 e. The van der Waals surface area contributed by atoms with Crippen LogP contribution in [0.4, 0.5) is 13.2 Å². The average molecular weight is 340 g/mol. The predicted octanol–water partition coefficient (Wildman–Crippen LogP) is 3.28. The molecule has 1 rings (SSSR count). The first-order valence-electron chi connectivity index (χ1n) is 3.60. The fraction of sp³-hybridized carbons (Fsp3) is 0.143. The molecule has 0 saturated heterocycles. The quantitative estimate of drug-likeness (QED) is 0.777. The number of halogens is 5. The van der Waals surface area contributed by atoms with Crippen molar-refractivity contribution in [1.82, 2.24) is 0 Å². The summed E-state index contributed by atoms with van der Waals surface area (Å²) < 4.78 is 60.9. The second kappa shape index (κ2) is 4.42. The summed E-state index contributed by atoms with van der Waals surface area (Å²) in [5, 5.41) is 0. The van der Waals surface area contributed by atoms with Crippen LogP contribution in [0.15, 0.2) is 27.6 Å². The number of ether oxygens (including phenoxy) is 1. The maximum absolute atomic E-state index is 11.9. The molecule has 0 aliphatic rings. The van der Waals surface area contributed by atoms with Gasteiger partial charge in [-0.25, -0.2) is 8.42 Å². The maximum atomic E-state index is 11.9. The SMILES string of the molecule is O=S(=O)(Cl)c1cccc(OC(F)(F)F)c1Br. The van der Waals surface area contributed by atoms with Crippen LogP contribution in [0.1, 0.15) is 0 Å². The Hall–Kier alpha value is -0.470. The van der Waals surface area contributed by atoms with Crippen molar-refractivity contribution >= 4 is 35.7 Å². The fourth-order valence-corrected chi connectivity index (χ4v) is 3.09. The Morgan fingerprint density at radius 1 is 1.31 bits per heavy atom. The van der Waals surface area contributed by atoms with E-state index in [4.69, 9.17) is 10.7 Å². The van der Waals surface area contributed by atoms with E-state index in [-0.39, 0.29) is 4.47 Å². The summed E-state index contributed by atoms with van der Waals surface area (Å²) in [6, 6.07) is 3.10. The normalized spacial score (nSPS) is 12.6. The van der Waals surface area contributed by atoms with E-state index < -0.39 is 26.1 Å². The predicted molar refractivity (Wildman–Crippen MR) is 53.9 cm³/mol. The summed E-state index contributed by atoms with van der Waals surface area (Å²) in [4.78, 5) is -0.490. The van der Waals surface area contributed by atoms with E-state index in [2.05, 4.69) is 20.7 Å². The van der Waals surface area contributed by atoms with Crippen LogP contribution in [-0.4, -0.2) is 14.8 Å². The molecule has 1 aromatic rings. The summed E-state index contributed by atoms with van der Waals surface area (Å²) in [6.45, 7) is 0. The second-order valence-corrected chi connectivity index (χ2v) is 5.88. The van der Waals surface area contributed by atoms with E-state index in [9.17, 15) is 21.6 Å². The Morgan fingerprint density at radius 2 is 1.88 bits per heavy atom. The molecule has 0 N–H and O–H groups in total. The largest absolute Gasteiger partial charge is 0.573 e. The van der Waals surface area contributed by atoms with Crippen LogP contribution < -0.4 is 4.74 Å². The highest BCUT2D eigenvalue weighted by atomic mass is 79.9. The Kier molecular flexibility index (Phi) is 3.76. The van der Waals surface area contributed by atoms with Crippen LogP contribution in [0.25, 0.3) is 0 Å². The highest BCUT2D eigenvalue weighted by Crippen LogP contribution is 2.36. The van der Waals surface area contributed by atoms with Crippen molar-refractivity contribution < 1.29 is 26.3 Å². The molecule has 0 unspecified atom stereocenters. The molecule has 90 valence electrons. The van der Waals surface area contributed by atoms with Gasteiger partial charge in [0.15, 0.2) is 0 Å². The number of alkyl halides is 3. The lowest BCUT2D eigenvalue weighted by molar-refractivity contribution is -0.275. The summed E-state index contributed by atoms with van der Waals surface area (Å²) in [7, 11) is 0.879. The van der Waals surface area contributed by atoms with Crippen molar-refractivity contribution in [3.8, 4) is 5.75 Å². The zero-order chi connectivity index (χ0) is 12.6. The van der Waals surface area contributed by atoms with Gasteiger partial charge >= 0.3 is 6.36 Å². The van der Waals surface area contributed by atoms with E-state index in [1.165, 1.54) is 0 Å². The zero-order valence-corrected chi connectivity index (χ0v) is 10.4. The van der Waals surface area contributed by atoms with Crippen molar-refractivity contribution in [3.63, 3.8) is 0 Å². The Labute approximate surface area is 102 Å². The van der Waals surface area contributed by atoms with Gasteiger partial charge in [-0.1, -0.05) is 6.07 Å². The lowest BCUT2D eigenvalue weighted by Gasteiger charge is -2.11.